The number of carbonyl (C=O) groups is 1. The molecular weight excluding hydrogens is 449 g/mol. The van der Waals surface area contributed by atoms with Gasteiger partial charge in [0.25, 0.3) is 5.91 Å². The first-order valence-electron chi connectivity index (χ1n) is 10.3. The van der Waals surface area contributed by atoms with E-state index in [0.717, 1.165) is 5.56 Å². The van der Waals surface area contributed by atoms with E-state index in [2.05, 4.69) is 0 Å². The summed E-state index contributed by atoms with van der Waals surface area (Å²) < 4.78 is 55.0. The monoisotopic (exact) mass is 473 g/mol. The Kier molecular flexibility index (Phi) is 6.39. The van der Waals surface area contributed by atoms with Crippen molar-refractivity contribution in [1.29, 1.82) is 0 Å². The summed E-state index contributed by atoms with van der Waals surface area (Å²) in [6.07, 6.45) is 0. The minimum absolute atomic E-state index is 0.0187. The molecule has 1 aliphatic rings. The molecule has 0 aliphatic carbocycles. The summed E-state index contributed by atoms with van der Waals surface area (Å²) >= 11 is 0. The van der Waals surface area contributed by atoms with Crippen LogP contribution in [0.3, 0.4) is 0 Å². The zero-order valence-corrected chi connectivity index (χ0v) is 19.1. The molecule has 0 atom stereocenters. The van der Waals surface area contributed by atoms with E-state index in [4.69, 9.17) is 9.47 Å². The lowest BCUT2D eigenvalue weighted by atomic mass is 10.1. The number of likely N-dealkylation sites (N-methyl/N-ethyl adjacent to an activating group) is 1. The van der Waals surface area contributed by atoms with Gasteiger partial charge in [-0.15, -0.1) is 0 Å². The average Bonchev–Trinajstić information content (AvgIpc) is 3.04. The van der Waals surface area contributed by atoms with Gasteiger partial charge < -0.3 is 14.4 Å². The zero-order valence-electron chi connectivity index (χ0n) is 18.2. The first-order chi connectivity index (χ1) is 15.7. The highest BCUT2D eigenvalue weighted by Crippen LogP contribution is 2.40. The van der Waals surface area contributed by atoms with Gasteiger partial charge in [-0.05, 0) is 43.2 Å². The standard InChI is InChI=1S/C23H24FN3O5S/c1-26(2)10-11-31-18-9-8-17-12-20(32-15-16-6-4-3-5-7-16)23(22(24)19(17)13-18)27-14-21(28)25-33(27,29)30/h3-9,12-13H,10-11,14-15H2,1-2H3,(H,25,28). The predicted octanol–water partition coefficient (Wildman–Crippen LogP) is 2.68. The molecule has 0 unspecified atom stereocenters. The van der Waals surface area contributed by atoms with Crippen molar-refractivity contribution in [3.63, 3.8) is 0 Å². The molecule has 0 spiro atoms. The third kappa shape index (κ3) is 5.01. The number of halogens is 1. The van der Waals surface area contributed by atoms with Crippen LogP contribution in [0.25, 0.3) is 10.8 Å². The Morgan fingerprint density at radius 3 is 2.52 bits per heavy atom. The molecule has 1 fully saturated rings. The molecule has 0 saturated carbocycles. The van der Waals surface area contributed by atoms with E-state index in [1.165, 1.54) is 6.07 Å². The van der Waals surface area contributed by atoms with Crippen LogP contribution in [-0.2, 0) is 21.6 Å². The van der Waals surface area contributed by atoms with Gasteiger partial charge in [-0.3, -0.25) is 4.79 Å². The number of fused-ring (bicyclic) bond motifs is 1. The molecule has 3 aromatic rings. The lowest BCUT2D eigenvalue weighted by molar-refractivity contribution is -0.117. The van der Waals surface area contributed by atoms with E-state index >= 15 is 4.39 Å². The van der Waals surface area contributed by atoms with Crippen molar-refractivity contribution in [2.24, 2.45) is 0 Å². The zero-order chi connectivity index (χ0) is 23.6. The lowest BCUT2D eigenvalue weighted by Crippen LogP contribution is -2.30. The number of nitrogens with one attached hydrogen (secondary N) is 1. The van der Waals surface area contributed by atoms with Gasteiger partial charge in [-0.25, -0.2) is 13.4 Å². The smallest absolute Gasteiger partial charge is 0.326 e. The van der Waals surface area contributed by atoms with Gasteiger partial charge in [-0.2, -0.15) is 8.42 Å². The Hall–Kier alpha value is -3.37. The summed E-state index contributed by atoms with van der Waals surface area (Å²) in [4.78, 5) is 13.8. The first-order valence-corrected chi connectivity index (χ1v) is 11.7. The van der Waals surface area contributed by atoms with Crippen molar-refractivity contribution >= 4 is 32.6 Å². The number of amides is 1. The Morgan fingerprint density at radius 1 is 1.09 bits per heavy atom. The Morgan fingerprint density at radius 2 is 1.85 bits per heavy atom. The van der Waals surface area contributed by atoms with Gasteiger partial charge in [0.1, 0.15) is 36.9 Å². The molecule has 1 N–H and O–H groups in total. The van der Waals surface area contributed by atoms with Crippen LogP contribution in [-0.4, -0.2) is 53.0 Å². The fourth-order valence-corrected chi connectivity index (χ4v) is 4.62. The molecule has 0 aromatic heterocycles. The fourth-order valence-electron chi connectivity index (χ4n) is 3.46. The van der Waals surface area contributed by atoms with Crippen LogP contribution < -0.4 is 18.5 Å². The molecule has 33 heavy (non-hydrogen) atoms. The summed E-state index contributed by atoms with van der Waals surface area (Å²) in [5.41, 5.74) is 0.509. The van der Waals surface area contributed by atoms with E-state index < -0.39 is 28.5 Å². The molecule has 10 heteroatoms. The van der Waals surface area contributed by atoms with Crippen LogP contribution in [0.15, 0.2) is 54.6 Å². The molecule has 1 amide bonds. The number of nitrogens with zero attached hydrogens (tertiary/aromatic N) is 2. The number of anilines is 1. The maximum Gasteiger partial charge on any atom is 0.326 e. The summed E-state index contributed by atoms with van der Waals surface area (Å²) in [7, 11) is -0.412. The highest BCUT2D eigenvalue weighted by atomic mass is 32.2. The highest BCUT2D eigenvalue weighted by Gasteiger charge is 2.38. The van der Waals surface area contributed by atoms with E-state index in [1.54, 1.807) is 18.2 Å². The summed E-state index contributed by atoms with van der Waals surface area (Å²) in [5, 5.41) is 0.670. The lowest BCUT2D eigenvalue weighted by Gasteiger charge is -2.21. The van der Waals surface area contributed by atoms with Crippen molar-refractivity contribution in [1.82, 2.24) is 9.62 Å². The SMILES string of the molecule is CN(C)CCOc1ccc2cc(OCc3ccccc3)c(N3CC(=O)NS3(=O)=O)c(F)c2c1. The molecule has 1 saturated heterocycles. The van der Waals surface area contributed by atoms with Gasteiger partial charge in [0.15, 0.2) is 5.82 Å². The van der Waals surface area contributed by atoms with Gasteiger partial charge >= 0.3 is 10.2 Å². The second-order valence-electron chi connectivity index (χ2n) is 7.88. The van der Waals surface area contributed by atoms with E-state index in [9.17, 15) is 13.2 Å². The van der Waals surface area contributed by atoms with Crippen molar-refractivity contribution in [2.45, 2.75) is 6.61 Å². The fraction of sp³-hybridized carbons (Fsp3) is 0.261. The molecule has 0 bridgehead atoms. The maximum absolute atomic E-state index is 15.8. The van der Waals surface area contributed by atoms with E-state index in [-0.39, 0.29) is 23.4 Å². The van der Waals surface area contributed by atoms with Crippen LogP contribution in [0, 0.1) is 5.82 Å². The molecule has 174 valence electrons. The van der Waals surface area contributed by atoms with Crippen molar-refractivity contribution in [2.75, 3.05) is 38.1 Å². The number of benzene rings is 3. The van der Waals surface area contributed by atoms with Crippen molar-refractivity contribution < 1.29 is 27.1 Å². The van der Waals surface area contributed by atoms with Crippen LogP contribution in [0.2, 0.25) is 0 Å². The maximum atomic E-state index is 15.8. The summed E-state index contributed by atoms with van der Waals surface area (Å²) in [6, 6.07) is 15.7. The number of ether oxygens (including phenoxy) is 2. The third-order valence-corrected chi connectivity index (χ3v) is 6.48. The van der Waals surface area contributed by atoms with E-state index in [0.29, 0.717) is 28.6 Å². The number of rotatable bonds is 8. The molecular formula is C23H24FN3O5S. The van der Waals surface area contributed by atoms with Gasteiger partial charge in [-0.1, -0.05) is 36.4 Å². The molecule has 1 heterocycles. The minimum Gasteiger partial charge on any atom is -0.492 e. The van der Waals surface area contributed by atoms with Gasteiger partial charge in [0.2, 0.25) is 0 Å². The quantitative estimate of drug-likeness (QED) is 0.541. The summed E-state index contributed by atoms with van der Waals surface area (Å²) in [5.74, 6) is -1.09. The van der Waals surface area contributed by atoms with Crippen LogP contribution in [0.1, 0.15) is 5.56 Å². The number of hydrogen-bond donors (Lipinski definition) is 1. The van der Waals surface area contributed by atoms with Crippen LogP contribution >= 0.6 is 0 Å². The summed E-state index contributed by atoms with van der Waals surface area (Å²) in [6.45, 7) is 0.646. The van der Waals surface area contributed by atoms with Crippen molar-refractivity contribution in [3.05, 3.63) is 66.0 Å². The average molecular weight is 474 g/mol. The molecule has 8 nitrogen and oxygen atoms in total. The van der Waals surface area contributed by atoms with Gasteiger partial charge in [0.05, 0.1) is 0 Å². The van der Waals surface area contributed by atoms with Crippen LogP contribution in [0.5, 0.6) is 11.5 Å². The number of carbonyl (C=O) groups excluding carboxylic acids is 1. The van der Waals surface area contributed by atoms with Crippen molar-refractivity contribution in [3.8, 4) is 11.5 Å². The molecule has 3 aromatic carbocycles. The molecule has 0 radical (unpaired) electrons. The second-order valence-corrected chi connectivity index (χ2v) is 9.48. The minimum atomic E-state index is -4.24. The Balaban J connectivity index is 1.76. The van der Waals surface area contributed by atoms with Gasteiger partial charge in [0, 0.05) is 11.9 Å². The highest BCUT2D eigenvalue weighted by molar-refractivity contribution is 7.92. The second kappa shape index (κ2) is 9.24. The molecule has 4 rings (SSSR count). The topological polar surface area (TPSA) is 88.2 Å². The largest absolute Gasteiger partial charge is 0.492 e. The molecule has 1 aliphatic heterocycles. The first kappa shape index (κ1) is 22.8. The Bertz CT molecular complexity index is 1280. The van der Waals surface area contributed by atoms with Crippen LogP contribution in [0.4, 0.5) is 10.1 Å². The number of hydrogen-bond acceptors (Lipinski definition) is 6. The normalized spacial score (nSPS) is 15.2. The Labute approximate surface area is 191 Å². The third-order valence-electron chi connectivity index (χ3n) is 5.10. The predicted molar refractivity (Wildman–Crippen MR) is 123 cm³/mol. The van der Waals surface area contributed by atoms with E-state index in [1.807, 2.05) is 54.0 Å².